The number of thioether (sulfide) groups is 1. The van der Waals surface area contributed by atoms with Crippen LogP contribution >= 0.6 is 11.8 Å². The van der Waals surface area contributed by atoms with E-state index in [9.17, 15) is 0 Å². The zero-order valence-corrected chi connectivity index (χ0v) is 13.9. The number of hydrogen-bond acceptors (Lipinski definition) is 4. The van der Waals surface area contributed by atoms with Gasteiger partial charge < -0.3 is 5.32 Å². The third kappa shape index (κ3) is 4.68. The molecule has 0 fully saturated rings. The van der Waals surface area contributed by atoms with Crippen LogP contribution in [0.2, 0.25) is 0 Å². The van der Waals surface area contributed by atoms with Crippen molar-refractivity contribution in [2.75, 3.05) is 17.6 Å². The molecule has 1 atom stereocenters. The van der Waals surface area contributed by atoms with Gasteiger partial charge in [-0.1, -0.05) is 34.1 Å². The highest BCUT2D eigenvalue weighted by Crippen LogP contribution is 2.28. The predicted molar refractivity (Wildman–Crippen MR) is 85.2 cm³/mol. The summed E-state index contributed by atoms with van der Waals surface area (Å²) in [5, 5.41) is 4.48. The molecule has 3 nitrogen and oxygen atoms in total. The minimum Gasteiger partial charge on any atom is -0.370 e. The van der Waals surface area contributed by atoms with E-state index in [-0.39, 0.29) is 0 Å². The van der Waals surface area contributed by atoms with E-state index < -0.39 is 0 Å². The Labute approximate surface area is 122 Å². The molecule has 0 bridgehead atoms. The summed E-state index contributed by atoms with van der Waals surface area (Å²) in [6.07, 6.45) is 1.22. The zero-order valence-electron chi connectivity index (χ0n) is 13.1. The standard InChI is InChI=1S/C15H27N3S/c1-7-11(5)9-19-15-12(6)14(16-8-2)17-13(18-15)10(3)4/h10-11H,7-9H2,1-6H3,(H,16,17,18). The third-order valence-electron chi connectivity index (χ3n) is 3.18. The van der Waals surface area contributed by atoms with Crippen LogP contribution in [0.25, 0.3) is 0 Å². The van der Waals surface area contributed by atoms with E-state index in [1.165, 1.54) is 12.0 Å². The predicted octanol–water partition coefficient (Wildman–Crippen LogP) is 4.48. The maximum absolute atomic E-state index is 4.73. The lowest BCUT2D eigenvalue weighted by atomic mass is 10.2. The van der Waals surface area contributed by atoms with Crippen LogP contribution in [0.4, 0.5) is 5.82 Å². The fourth-order valence-electron chi connectivity index (χ4n) is 1.59. The number of nitrogens with one attached hydrogen (secondary N) is 1. The number of hydrogen-bond donors (Lipinski definition) is 1. The van der Waals surface area contributed by atoms with Gasteiger partial charge in [-0.2, -0.15) is 0 Å². The van der Waals surface area contributed by atoms with Gasteiger partial charge in [-0.05, 0) is 19.8 Å². The number of aromatic nitrogens is 2. The molecule has 1 heterocycles. The van der Waals surface area contributed by atoms with Gasteiger partial charge >= 0.3 is 0 Å². The van der Waals surface area contributed by atoms with Crippen LogP contribution in [-0.4, -0.2) is 22.3 Å². The summed E-state index contributed by atoms with van der Waals surface area (Å²) < 4.78 is 0. The topological polar surface area (TPSA) is 37.8 Å². The summed E-state index contributed by atoms with van der Waals surface area (Å²) in [5.74, 6) is 4.14. The van der Waals surface area contributed by atoms with Crippen LogP contribution < -0.4 is 5.32 Å². The molecule has 0 aliphatic carbocycles. The fourth-order valence-corrected chi connectivity index (χ4v) is 2.74. The van der Waals surface area contributed by atoms with Gasteiger partial charge in [0, 0.05) is 23.8 Å². The van der Waals surface area contributed by atoms with Crippen molar-refractivity contribution < 1.29 is 0 Å². The van der Waals surface area contributed by atoms with E-state index in [2.05, 4.69) is 51.8 Å². The maximum atomic E-state index is 4.73. The highest BCUT2D eigenvalue weighted by molar-refractivity contribution is 7.99. The molecular weight excluding hydrogens is 254 g/mol. The van der Waals surface area contributed by atoms with Crippen molar-refractivity contribution >= 4 is 17.6 Å². The number of nitrogens with zero attached hydrogens (tertiary/aromatic N) is 2. The molecule has 0 spiro atoms. The smallest absolute Gasteiger partial charge is 0.134 e. The average molecular weight is 281 g/mol. The summed E-state index contributed by atoms with van der Waals surface area (Å²) in [5.41, 5.74) is 1.18. The summed E-state index contributed by atoms with van der Waals surface area (Å²) in [4.78, 5) is 9.37. The van der Waals surface area contributed by atoms with Gasteiger partial charge in [0.2, 0.25) is 0 Å². The van der Waals surface area contributed by atoms with Crippen molar-refractivity contribution in [2.45, 2.75) is 58.9 Å². The Balaban J connectivity index is 3.00. The molecule has 0 saturated heterocycles. The molecule has 4 heteroatoms. The van der Waals surface area contributed by atoms with Crippen molar-refractivity contribution in [2.24, 2.45) is 5.92 Å². The molecule has 1 aromatic heterocycles. The Morgan fingerprint density at radius 2 is 1.84 bits per heavy atom. The van der Waals surface area contributed by atoms with Gasteiger partial charge in [-0.15, -0.1) is 11.8 Å². The molecule has 1 rings (SSSR count). The van der Waals surface area contributed by atoms with Crippen molar-refractivity contribution in [1.82, 2.24) is 9.97 Å². The van der Waals surface area contributed by atoms with Crippen LogP contribution in [0.15, 0.2) is 5.03 Å². The molecule has 0 radical (unpaired) electrons. The van der Waals surface area contributed by atoms with E-state index >= 15 is 0 Å². The van der Waals surface area contributed by atoms with Crippen LogP contribution in [0.5, 0.6) is 0 Å². The monoisotopic (exact) mass is 281 g/mol. The maximum Gasteiger partial charge on any atom is 0.134 e. The van der Waals surface area contributed by atoms with E-state index in [1.54, 1.807) is 0 Å². The Bertz CT molecular complexity index is 405. The van der Waals surface area contributed by atoms with E-state index in [0.29, 0.717) is 5.92 Å². The Morgan fingerprint density at radius 1 is 1.16 bits per heavy atom. The highest BCUT2D eigenvalue weighted by Gasteiger charge is 2.13. The molecule has 19 heavy (non-hydrogen) atoms. The first kappa shape index (κ1) is 16.3. The highest BCUT2D eigenvalue weighted by atomic mass is 32.2. The average Bonchev–Trinajstić information content (AvgIpc) is 2.39. The fraction of sp³-hybridized carbons (Fsp3) is 0.733. The second kappa shape index (κ2) is 7.73. The molecule has 0 amide bonds. The first-order chi connectivity index (χ1) is 8.99. The minimum absolute atomic E-state index is 0.362. The summed E-state index contributed by atoms with van der Waals surface area (Å²) in [7, 11) is 0. The lowest BCUT2D eigenvalue weighted by Crippen LogP contribution is -2.09. The number of rotatable bonds is 7. The third-order valence-corrected chi connectivity index (χ3v) is 4.59. The Hall–Kier alpha value is -0.770. The molecular formula is C15H27N3S. The lowest BCUT2D eigenvalue weighted by Gasteiger charge is -2.15. The van der Waals surface area contributed by atoms with Crippen LogP contribution in [0.3, 0.4) is 0 Å². The second-order valence-electron chi connectivity index (χ2n) is 5.37. The van der Waals surface area contributed by atoms with Crippen LogP contribution in [0.1, 0.15) is 58.3 Å². The van der Waals surface area contributed by atoms with Crippen molar-refractivity contribution in [3.05, 3.63) is 11.4 Å². The summed E-state index contributed by atoms with van der Waals surface area (Å²) in [6, 6.07) is 0. The summed E-state index contributed by atoms with van der Waals surface area (Å²) in [6.45, 7) is 13.9. The van der Waals surface area contributed by atoms with Gasteiger partial charge in [-0.25, -0.2) is 9.97 Å². The van der Waals surface area contributed by atoms with E-state index in [1.807, 2.05) is 11.8 Å². The molecule has 0 saturated carbocycles. The molecule has 1 aromatic rings. The largest absolute Gasteiger partial charge is 0.370 e. The quantitative estimate of drug-likeness (QED) is 0.591. The van der Waals surface area contributed by atoms with Gasteiger partial charge in [0.15, 0.2) is 0 Å². The van der Waals surface area contributed by atoms with Crippen molar-refractivity contribution in [1.29, 1.82) is 0 Å². The van der Waals surface area contributed by atoms with Crippen molar-refractivity contribution in [3.63, 3.8) is 0 Å². The van der Waals surface area contributed by atoms with E-state index in [0.717, 1.165) is 34.9 Å². The van der Waals surface area contributed by atoms with Crippen LogP contribution in [-0.2, 0) is 0 Å². The molecule has 0 aromatic carbocycles. The van der Waals surface area contributed by atoms with E-state index in [4.69, 9.17) is 4.98 Å². The number of anilines is 1. The molecule has 0 aliphatic rings. The normalized spacial score (nSPS) is 12.8. The minimum atomic E-state index is 0.362. The molecule has 108 valence electrons. The zero-order chi connectivity index (χ0) is 14.4. The molecule has 0 aliphatic heterocycles. The first-order valence-electron chi connectivity index (χ1n) is 7.24. The summed E-state index contributed by atoms with van der Waals surface area (Å²) >= 11 is 1.86. The molecule has 1 N–H and O–H groups in total. The lowest BCUT2D eigenvalue weighted by molar-refractivity contribution is 0.636. The first-order valence-corrected chi connectivity index (χ1v) is 8.23. The molecule has 1 unspecified atom stereocenters. The van der Waals surface area contributed by atoms with Gasteiger partial charge in [0.25, 0.3) is 0 Å². The van der Waals surface area contributed by atoms with Gasteiger partial charge in [-0.3, -0.25) is 0 Å². The Morgan fingerprint density at radius 3 is 2.37 bits per heavy atom. The van der Waals surface area contributed by atoms with Gasteiger partial charge in [0.1, 0.15) is 16.7 Å². The van der Waals surface area contributed by atoms with Crippen molar-refractivity contribution in [3.8, 4) is 0 Å². The van der Waals surface area contributed by atoms with Gasteiger partial charge in [0.05, 0.1) is 0 Å². The van der Waals surface area contributed by atoms with Crippen LogP contribution in [0, 0.1) is 12.8 Å². The SMILES string of the molecule is CCNc1nc(C(C)C)nc(SCC(C)CC)c1C. The second-order valence-corrected chi connectivity index (χ2v) is 6.38. The Kier molecular flexibility index (Phi) is 6.63.